The molecule has 1 saturated heterocycles. The van der Waals surface area contributed by atoms with Crippen LogP contribution in [0.25, 0.3) is 0 Å². The average molecular weight is 281 g/mol. The van der Waals surface area contributed by atoms with E-state index in [0.29, 0.717) is 11.6 Å². The molecule has 2 bridgehead atoms. The molecule has 19 heavy (non-hydrogen) atoms. The van der Waals surface area contributed by atoms with E-state index in [9.17, 15) is 4.79 Å². The molecular weight excluding hydrogens is 264 g/mol. The summed E-state index contributed by atoms with van der Waals surface area (Å²) in [5.41, 5.74) is 0.312. The highest BCUT2D eigenvalue weighted by Crippen LogP contribution is 2.46. The molecule has 2 unspecified atom stereocenters. The van der Waals surface area contributed by atoms with Crippen LogP contribution in [0.5, 0.6) is 5.75 Å². The topological polar surface area (TPSA) is 41.6 Å². The van der Waals surface area contributed by atoms with E-state index in [4.69, 9.17) is 16.3 Å². The van der Waals surface area contributed by atoms with Crippen molar-refractivity contribution < 1.29 is 9.53 Å². The third-order valence-corrected chi connectivity index (χ3v) is 4.16. The maximum atomic E-state index is 12.2. The molecular formula is C14H17ClN2O2. The molecule has 1 aromatic rings. The highest BCUT2D eigenvalue weighted by molar-refractivity contribution is 6.31. The lowest BCUT2D eigenvalue weighted by atomic mass is 9.90. The van der Waals surface area contributed by atoms with Crippen LogP contribution in [0.2, 0.25) is 5.02 Å². The molecule has 2 heterocycles. The van der Waals surface area contributed by atoms with Gasteiger partial charge in [-0.05, 0) is 25.5 Å². The zero-order chi connectivity index (χ0) is 13.6. The van der Waals surface area contributed by atoms with E-state index in [2.05, 4.69) is 12.2 Å². The lowest BCUT2D eigenvalue weighted by Crippen LogP contribution is -2.64. The van der Waals surface area contributed by atoms with Crippen LogP contribution in [-0.4, -0.2) is 23.2 Å². The Bertz CT molecular complexity index is 534. The van der Waals surface area contributed by atoms with Crippen molar-refractivity contribution in [2.24, 2.45) is 0 Å². The van der Waals surface area contributed by atoms with Crippen molar-refractivity contribution in [1.82, 2.24) is 10.2 Å². The summed E-state index contributed by atoms with van der Waals surface area (Å²) in [6.45, 7) is 4.71. The number of ether oxygens (including phenoxy) is 1. The number of carbonyl (C=O) groups is 1. The maximum absolute atomic E-state index is 12.2. The predicted molar refractivity (Wildman–Crippen MR) is 73.4 cm³/mol. The van der Waals surface area contributed by atoms with Gasteiger partial charge in [-0.25, -0.2) is 4.79 Å². The van der Waals surface area contributed by atoms with E-state index in [-0.39, 0.29) is 12.1 Å². The summed E-state index contributed by atoms with van der Waals surface area (Å²) < 4.78 is 6.09. The quantitative estimate of drug-likeness (QED) is 0.903. The van der Waals surface area contributed by atoms with Crippen LogP contribution in [-0.2, 0) is 0 Å². The molecule has 2 atom stereocenters. The van der Waals surface area contributed by atoms with Crippen molar-refractivity contribution in [3.05, 3.63) is 28.8 Å². The fourth-order valence-electron chi connectivity index (χ4n) is 3.00. The molecule has 2 amide bonds. The summed E-state index contributed by atoms with van der Waals surface area (Å²) in [6, 6.07) is 5.47. The normalized spacial score (nSPS) is 28.5. The zero-order valence-electron chi connectivity index (χ0n) is 11.1. The summed E-state index contributed by atoms with van der Waals surface area (Å²) in [7, 11) is 0. The molecule has 0 aromatic heterocycles. The van der Waals surface area contributed by atoms with Gasteiger partial charge in [0.05, 0.1) is 6.04 Å². The second kappa shape index (κ2) is 4.30. The van der Waals surface area contributed by atoms with E-state index < -0.39 is 5.72 Å². The Morgan fingerprint density at radius 3 is 3.11 bits per heavy atom. The van der Waals surface area contributed by atoms with Crippen molar-refractivity contribution in [1.29, 1.82) is 0 Å². The number of halogens is 1. The van der Waals surface area contributed by atoms with Gasteiger partial charge in [-0.2, -0.15) is 0 Å². The Labute approximate surface area is 117 Å². The number of hydrogen-bond acceptors (Lipinski definition) is 2. The van der Waals surface area contributed by atoms with Gasteiger partial charge in [0.2, 0.25) is 0 Å². The first-order valence-corrected chi connectivity index (χ1v) is 6.98. The Hall–Kier alpha value is -1.42. The van der Waals surface area contributed by atoms with Gasteiger partial charge in [0, 0.05) is 23.6 Å². The molecule has 4 nitrogen and oxygen atoms in total. The maximum Gasteiger partial charge on any atom is 0.320 e. The minimum atomic E-state index is -0.583. The first-order chi connectivity index (χ1) is 9.05. The standard InChI is InChI=1S/C14H17ClN2O2/c1-3-7-17-13(18)16-10-8-14(17,2)19-11-6-4-5-9(15)12(10)11/h4-6,10H,3,7-8H2,1-2H3,(H,16,18). The Morgan fingerprint density at radius 2 is 2.37 bits per heavy atom. The molecule has 102 valence electrons. The number of carbonyl (C=O) groups excluding carboxylic acids is 1. The number of fused-ring (bicyclic) bond motifs is 4. The van der Waals surface area contributed by atoms with E-state index in [1.54, 1.807) is 4.90 Å². The van der Waals surface area contributed by atoms with Gasteiger partial charge in [-0.3, -0.25) is 4.90 Å². The molecule has 2 aliphatic heterocycles. The van der Waals surface area contributed by atoms with Gasteiger partial charge in [-0.15, -0.1) is 0 Å². The first-order valence-electron chi connectivity index (χ1n) is 6.61. The highest BCUT2D eigenvalue weighted by atomic mass is 35.5. The monoisotopic (exact) mass is 280 g/mol. The number of nitrogens with one attached hydrogen (secondary N) is 1. The van der Waals surface area contributed by atoms with E-state index in [1.165, 1.54) is 0 Å². The fraction of sp³-hybridized carbons (Fsp3) is 0.500. The lowest BCUT2D eigenvalue weighted by molar-refractivity contribution is -0.0836. The van der Waals surface area contributed by atoms with Crippen molar-refractivity contribution in [3.8, 4) is 5.75 Å². The van der Waals surface area contributed by atoms with Gasteiger partial charge >= 0.3 is 6.03 Å². The van der Waals surface area contributed by atoms with Gasteiger partial charge in [0.15, 0.2) is 5.72 Å². The van der Waals surface area contributed by atoms with Gasteiger partial charge in [0.1, 0.15) is 5.75 Å². The van der Waals surface area contributed by atoms with Gasteiger partial charge < -0.3 is 10.1 Å². The summed E-state index contributed by atoms with van der Waals surface area (Å²) in [4.78, 5) is 14.0. The van der Waals surface area contributed by atoms with Gasteiger partial charge in [-0.1, -0.05) is 24.6 Å². The van der Waals surface area contributed by atoms with E-state index in [1.807, 2.05) is 25.1 Å². The van der Waals surface area contributed by atoms with Crippen LogP contribution in [0.4, 0.5) is 4.79 Å². The summed E-state index contributed by atoms with van der Waals surface area (Å²) in [6.07, 6.45) is 1.62. The number of urea groups is 1. The third-order valence-electron chi connectivity index (χ3n) is 3.84. The molecule has 5 heteroatoms. The molecule has 1 fully saturated rings. The first kappa shape index (κ1) is 12.6. The molecule has 3 rings (SSSR count). The zero-order valence-corrected chi connectivity index (χ0v) is 11.8. The van der Waals surface area contributed by atoms with Gasteiger partial charge in [0.25, 0.3) is 0 Å². The minimum Gasteiger partial charge on any atom is -0.468 e. The minimum absolute atomic E-state index is 0.0666. The molecule has 1 N–H and O–H groups in total. The van der Waals surface area contributed by atoms with Crippen LogP contribution < -0.4 is 10.1 Å². The summed E-state index contributed by atoms with van der Waals surface area (Å²) >= 11 is 6.23. The SMILES string of the molecule is CCCN1C(=O)NC2CC1(C)Oc1cccc(Cl)c12. The summed E-state index contributed by atoms with van der Waals surface area (Å²) in [5.74, 6) is 0.771. The van der Waals surface area contributed by atoms with E-state index >= 15 is 0 Å². The molecule has 0 saturated carbocycles. The predicted octanol–water partition coefficient (Wildman–Crippen LogP) is 3.32. The number of amides is 2. The van der Waals surface area contributed by atoms with Crippen molar-refractivity contribution in [2.45, 2.75) is 38.5 Å². The summed E-state index contributed by atoms with van der Waals surface area (Å²) in [5, 5.41) is 3.67. The molecule has 0 spiro atoms. The van der Waals surface area contributed by atoms with E-state index in [0.717, 1.165) is 24.2 Å². The molecule has 0 aliphatic carbocycles. The van der Waals surface area contributed by atoms with Crippen LogP contribution in [0.15, 0.2) is 18.2 Å². The number of benzene rings is 1. The fourth-order valence-corrected chi connectivity index (χ4v) is 3.29. The Morgan fingerprint density at radius 1 is 1.58 bits per heavy atom. The van der Waals surface area contributed by atoms with Crippen LogP contribution in [0.3, 0.4) is 0 Å². The molecule has 0 radical (unpaired) electrons. The van der Waals surface area contributed by atoms with Crippen LogP contribution >= 0.6 is 11.6 Å². The Balaban J connectivity index is 2.05. The number of nitrogens with zero attached hydrogens (tertiary/aromatic N) is 1. The highest BCUT2D eigenvalue weighted by Gasteiger charge is 2.49. The van der Waals surface area contributed by atoms with Crippen molar-refractivity contribution in [3.63, 3.8) is 0 Å². The van der Waals surface area contributed by atoms with Crippen LogP contribution in [0.1, 0.15) is 38.3 Å². The number of rotatable bonds is 2. The van der Waals surface area contributed by atoms with Crippen molar-refractivity contribution in [2.75, 3.05) is 6.54 Å². The smallest absolute Gasteiger partial charge is 0.320 e. The number of hydrogen-bond donors (Lipinski definition) is 1. The lowest BCUT2D eigenvalue weighted by Gasteiger charge is -2.50. The Kier molecular flexibility index (Phi) is 2.86. The molecule has 1 aromatic carbocycles. The second-order valence-electron chi connectivity index (χ2n) is 5.29. The van der Waals surface area contributed by atoms with Crippen LogP contribution in [0, 0.1) is 0 Å². The third kappa shape index (κ3) is 1.86. The molecule has 2 aliphatic rings. The largest absolute Gasteiger partial charge is 0.468 e. The second-order valence-corrected chi connectivity index (χ2v) is 5.69. The average Bonchev–Trinajstić information content (AvgIpc) is 2.33. The van der Waals surface area contributed by atoms with Crippen molar-refractivity contribution >= 4 is 17.6 Å².